The number of nitrogens with zero attached hydrogens (tertiary/aromatic N) is 1. The van der Waals surface area contributed by atoms with Crippen LogP contribution in [0.3, 0.4) is 0 Å². The first-order valence-electron chi connectivity index (χ1n) is 8.27. The third-order valence-corrected chi connectivity index (χ3v) is 3.93. The molecule has 0 aliphatic heterocycles. The lowest BCUT2D eigenvalue weighted by atomic mass is 10.1. The zero-order valence-corrected chi connectivity index (χ0v) is 15.7. The van der Waals surface area contributed by atoms with Crippen LogP contribution in [0, 0.1) is 11.3 Å². The van der Waals surface area contributed by atoms with Gasteiger partial charge in [0.15, 0.2) is 12.7 Å². The SMILES string of the molecule is C[C@H](Oc1ccc(C#N)cc1)C(=O)OCC(=O)N[C@@H](C)c1cccc(Cl)c1. The number of nitrogens with one attached hydrogen (secondary N) is 1. The van der Waals surface area contributed by atoms with Gasteiger partial charge in [-0.3, -0.25) is 4.79 Å². The lowest BCUT2D eigenvalue weighted by Gasteiger charge is -2.16. The average molecular weight is 387 g/mol. The molecular weight excluding hydrogens is 368 g/mol. The molecule has 1 N–H and O–H groups in total. The summed E-state index contributed by atoms with van der Waals surface area (Å²) in [5.74, 6) is -0.663. The van der Waals surface area contributed by atoms with Gasteiger partial charge in [-0.1, -0.05) is 23.7 Å². The van der Waals surface area contributed by atoms with Crippen LogP contribution in [-0.4, -0.2) is 24.6 Å². The highest BCUT2D eigenvalue weighted by Gasteiger charge is 2.18. The van der Waals surface area contributed by atoms with Gasteiger partial charge in [-0.25, -0.2) is 4.79 Å². The summed E-state index contributed by atoms with van der Waals surface area (Å²) in [5.41, 5.74) is 1.34. The Labute approximate surface area is 162 Å². The molecule has 0 radical (unpaired) electrons. The van der Waals surface area contributed by atoms with E-state index in [1.54, 1.807) is 42.5 Å². The molecule has 0 saturated carbocycles. The van der Waals surface area contributed by atoms with Crippen molar-refractivity contribution in [1.29, 1.82) is 5.26 Å². The number of halogens is 1. The summed E-state index contributed by atoms with van der Waals surface area (Å²) in [6.45, 7) is 2.92. The second kappa shape index (κ2) is 9.60. The number of carbonyl (C=O) groups is 2. The Bertz CT molecular complexity index is 846. The second-order valence-electron chi connectivity index (χ2n) is 5.85. The Morgan fingerprint density at radius 1 is 1.19 bits per heavy atom. The van der Waals surface area contributed by atoms with Crippen molar-refractivity contribution >= 4 is 23.5 Å². The number of hydrogen-bond acceptors (Lipinski definition) is 5. The van der Waals surface area contributed by atoms with E-state index in [0.29, 0.717) is 16.3 Å². The number of carbonyl (C=O) groups excluding carboxylic acids is 2. The van der Waals surface area contributed by atoms with E-state index in [9.17, 15) is 9.59 Å². The first-order valence-corrected chi connectivity index (χ1v) is 8.65. The van der Waals surface area contributed by atoms with Gasteiger partial charge in [-0.05, 0) is 55.8 Å². The molecule has 0 aliphatic rings. The Balaban J connectivity index is 1.79. The van der Waals surface area contributed by atoms with E-state index in [4.69, 9.17) is 26.3 Å². The Hall–Kier alpha value is -3.04. The van der Waals surface area contributed by atoms with Crippen LogP contribution in [0.4, 0.5) is 0 Å². The molecule has 0 aromatic heterocycles. The second-order valence-corrected chi connectivity index (χ2v) is 6.28. The van der Waals surface area contributed by atoms with Crippen LogP contribution < -0.4 is 10.1 Å². The van der Waals surface area contributed by atoms with Crippen LogP contribution in [0.2, 0.25) is 5.02 Å². The first-order chi connectivity index (χ1) is 12.9. The van der Waals surface area contributed by atoms with Gasteiger partial charge in [0, 0.05) is 5.02 Å². The van der Waals surface area contributed by atoms with Crippen LogP contribution in [0.5, 0.6) is 5.75 Å². The first kappa shape index (κ1) is 20.3. The average Bonchev–Trinajstić information content (AvgIpc) is 2.66. The molecule has 0 aliphatic carbocycles. The van der Waals surface area contributed by atoms with Crippen molar-refractivity contribution in [2.45, 2.75) is 26.0 Å². The molecule has 0 bridgehead atoms. The molecule has 0 saturated heterocycles. The minimum absolute atomic E-state index is 0.276. The normalized spacial score (nSPS) is 12.4. The topological polar surface area (TPSA) is 88.4 Å². The van der Waals surface area contributed by atoms with E-state index in [-0.39, 0.29) is 6.04 Å². The number of ether oxygens (including phenoxy) is 2. The number of amides is 1. The summed E-state index contributed by atoms with van der Waals surface area (Å²) in [6, 6.07) is 15.2. The highest BCUT2D eigenvalue weighted by Crippen LogP contribution is 2.17. The fraction of sp³-hybridized carbons (Fsp3) is 0.250. The van der Waals surface area contributed by atoms with Crippen LogP contribution in [-0.2, 0) is 14.3 Å². The minimum Gasteiger partial charge on any atom is -0.479 e. The number of benzene rings is 2. The smallest absolute Gasteiger partial charge is 0.347 e. The van der Waals surface area contributed by atoms with E-state index < -0.39 is 24.6 Å². The highest BCUT2D eigenvalue weighted by atomic mass is 35.5. The van der Waals surface area contributed by atoms with E-state index in [0.717, 1.165) is 5.56 Å². The molecule has 140 valence electrons. The van der Waals surface area contributed by atoms with Crippen LogP contribution >= 0.6 is 11.6 Å². The maximum atomic E-state index is 12.0. The van der Waals surface area contributed by atoms with Gasteiger partial charge in [0.05, 0.1) is 17.7 Å². The molecule has 2 aromatic rings. The van der Waals surface area contributed by atoms with E-state index in [2.05, 4.69) is 5.32 Å². The standard InChI is InChI=1S/C20H19ClN2O4/c1-13(16-4-3-5-17(21)10-16)23-19(24)12-26-20(25)14(2)27-18-8-6-15(11-22)7-9-18/h3-10,13-14H,12H2,1-2H3,(H,23,24)/t13-,14-/m0/s1. The third-order valence-electron chi connectivity index (χ3n) is 3.70. The Morgan fingerprint density at radius 2 is 1.89 bits per heavy atom. The van der Waals surface area contributed by atoms with Gasteiger partial charge < -0.3 is 14.8 Å². The summed E-state index contributed by atoms with van der Waals surface area (Å²) in [6.07, 6.45) is -0.893. The Morgan fingerprint density at radius 3 is 2.52 bits per heavy atom. The predicted octanol–water partition coefficient (Wildman–Crippen LogP) is 3.40. The molecule has 0 unspecified atom stereocenters. The van der Waals surface area contributed by atoms with E-state index in [1.165, 1.54) is 6.92 Å². The summed E-state index contributed by atoms with van der Waals surface area (Å²) >= 11 is 5.93. The molecule has 0 fully saturated rings. The van der Waals surface area contributed by atoms with Gasteiger partial charge in [-0.2, -0.15) is 5.26 Å². The van der Waals surface area contributed by atoms with Crippen molar-refractivity contribution in [2.24, 2.45) is 0 Å². The monoisotopic (exact) mass is 386 g/mol. The lowest BCUT2D eigenvalue weighted by Crippen LogP contribution is -2.34. The van der Waals surface area contributed by atoms with Crippen molar-refractivity contribution in [3.05, 3.63) is 64.7 Å². The maximum absolute atomic E-state index is 12.0. The van der Waals surface area contributed by atoms with Crippen LogP contribution in [0.1, 0.15) is 31.0 Å². The van der Waals surface area contributed by atoms with Crippen LogP contribution in [0.15, 0.2) is 48.5 Å². The molecule has 2 aromatic carbocycles. The lowest BCUT2D eigenvalue weighted by molar-refractivity contribution is -0.154. The molecule has 0 heterocycles. The molecule has 6 nitrogen and oxygen atoms in total. The van der Waals surface area contributed by atoms with Crippen molar-refractivity contribution in [3.63, 3.8) is 0 Å². The largest absolute Gasteiger partial charge is 0.479 e. The fourth-order valence-electron chi connectivity index (χ4n) is 2.26. The van der Waals surface area contributed by atoms with Gasteiger partial charge in [0.25, 0.3) is 5.91 Å². The van der Waals surface area contributed by atoms with Gasteiger partial charge >= 0.3 is 5.97 Å². The molecular formula is C20H19ClN2O4. The van der Waals surface area contributed by atoms with E-state index >= 15 is 0 Å². The van der Waals surface area contributed by atoms with Crippen molar-refractivity contribution < 1.29 is 19.1 Å². The van der Waals surface area contributed by atoms with Crippen LogP contribution in [0.25, 0.3) is 0 Å². The predicted molar refractivity (Wildman–Crippen MR) is 100 cm³/mol. The number of esters is 1. The number of rotatable bonds is 7. The number of nitriles is 1. The highest BCUT2D eigenvalue weighted by molar-refractivity contribution is 6.30. The van der Waals surface area contributed by atoms with Gasteiger partial charge in [0.2, 0.25) is 0 Å². The fourth-order valence-corrected chi connectivity index (χ4v) is 2.46. The maximum Gasteiger partial charge on any atom is 0.347 e. The van der Waals surface area contributed by atoms with Gasteiger partial charge in [-0.15, -0.1) is 0 Å². The zero-order chi connectivity index (χ0) is 19.8. The van der Waals surface area contributed by atoms with Gasteiger partial charge in [0.1, 0.15) is 5.75 Å². The summed E-state index contributed by atoms with van der Waals surface area (Å²) in [5, 5.41) is 12.1. The Kier molecular flexibility index (Phi) is 7.21. The van der Waals surface area contributed by atoms with Crippen molar-refractivity contribution in [3.8, 4) is 11.8 Å². The van der Waals surface area contributed by atoms with E-state index in [1.807, 2.05) is 19.1 Å². The minimum atomic E-state index is -0.893. The zero-order valence-electron chi connectivity index (χ0n) is 14.9. The molecule has 2 rings (SSSR count). The van der Waals surface area contributed by atoms with Crippen molar-refractivity contribution in [2.75, 3.05) is 6.61 Å². The molecule has 27 heavy (non-hydrogen) atoms. The number of hydrogen-bond donors (Lipinski definition) is 1. The molecule has 2 atom stereocenters. The molecule has 1 amide bonds. The molecule has 0 spiro atoms. The molecule has 7 heteroatoms. The quantitative estimate of drug-likeness (QED) is 0.737. The van der Waals surface area contributed by atoms with Crippen molar-refractivity contribution in [1.82, 2.24) is 5.32 Å². The third kappa shape index (κ3) is 6.32. The summed E-state index contributed by atoms with van der Waals surface area (Å²) in [7, 11) is 0. The summed E-state index contributed by atoms with van der Waals surface area (Å²) in [4.78, 5) is 24.0. The summed E-state index contributed by atoms with van der Waals surface area (Å²) < 4.78 is 10.4.